The number of hydrogen-bond acceptors (Lipinski definition) is 6. The van der Waals surface area contributed by atoms with E-state index < -0.39 is 6.04 Å². The van der Waals surface area contributed by atoms with Gasteiger partial charge >= 0.3 is 0 Å². The molecule has 4 rings (SSSR count). The smallest absolute Gasteiger partial charge is 0.219 e. The van der Waals surface area contributed by atoms with E-state index in [-0.39, 0.29) is 12.3 Å². The number of amides is 1. The number of thioether (sulfide) groups is 1. The lowest BCUT2D eigenvalue weighted by molar-refractivity contribution is -0.121. The van der Waals surface area contributed by atoms with Gasteiger partial charge in [0.15, 0.2) is 0 Å². The zero-order chi connectivity index (χ0) is 27.0. The van der Waals surface area contributed by atoms with Gasteiger partial charge in [0.1, 0.15) is 12.6 Å². The van der Waals surface area contributed by atoms with Crippen molar-refractivity contribution >= 4 is 30.2 Å². The molecule has 2 fully saturated rings. The third kappa shape index (κ3) is 7.33. The standard InChI is InChI=1S/C31H41N3O3S/c1-32-30(37)12-11-27(21-36)34(2)19-28-25(20-35)5-3-6-29(28)38-22-24-9-7-23(8-10-24)13-16-33-26-17-31(18-26)14-4-15-31/h3,5-10,20-21,26-27,33H,4,11-19,22H2,1-2H3,(H,32,37). The van der Waals surface area contributed by atoms with Crippen LogP contribution in [0, 0.1) is 5.41 Å². The maximum Gasteiger partial charge on any atom is 0.219 e. The molecular weight excluding hydrogens is 494 g/mol. The molecule has 0 aromatic heterocycles. The van der Waals surface area contributed by atoms with Crippen molar-refractivity contribution in [3.05, 3.63) is 64.7 Å². The molecule has 6 nitrogen and oxygen atoms in total. The molecule has 7 heteroatoms. The number of carbonyl (C=O) groups excluding carboxylic acids is 3. The van der Waals surface area contributed by atoms with Gasteiger partial charge in [-0.15, -0.1) is 11.8 Å². The van der Waals surface area contributed by atoms with Gasteiger partial charge in [0.05, 0.1) is 6.04 Å². The molecule has 1 amide bonds. The summed E-state index contributed by atoms with van der Waals surface area (Å²) in [7, 11) is 3.46. The Labute approximate surface area is 231 Å². The minimum atomic E-state index is -0.393. The normalized spacial score (nSPS) is 17.0. The Morgan fingerprint density at radius 1 is 1.13 bits per heavy atom. The van der Waals surface area contributed by atoms with Gasteiger partial charge in [-0.3, -0.25) is 14.5 Å². The molecule has 2 saturated carbocycles. The fraction of sp³-hybridized carbons (Fsp3) is 0.516. The summed E-state index contributed by atoms with van der Waals surface area (Å²) in [6, 6.07) is 14.9. The highest BCUT2D eigenvalue weighted by Gasteiger charge is 2.47. The average Bonchev–Trinajstić information content (AvgIpc) is 2.89. The lowest BCUT2D eigenvalue weighted by Crippen LogP contribution is -2.52. The Morgan fingerprint density at radius 3 is 2.50 bits per heavy atom. The fourth-order valence-electron chi connectivity index (χ4n) is 5.76. The lowest BCUT2D eigenvalue weighted by atomic mass is 9.54. The van der Waals surface area contributed by atoms with E-state index in [1.165, 1.54) is 43.2 Å². The fourth-order valence-corrected chi connectivity index (χ4v) is 6.81. The van der Waals surface area contributed by atoms with E-state index in [1.54, 1.807) is 18.8 Å². The number of likely N-dealkylation sites (N-methyl/N-ethyl adjacent to an activating group) is 1. The number of hydrogen-bond donors (Lipinski definition) is 2. The molecule has 0 heterocycles. The summed E-state index contributed by atoms with van der Waals surface area (Å²) >= 11 is 1.71. The molecule has 2 aliphatic carbocycles. The maximum absolute atomic E-state index is 11.8. The third-order valence-electron chi connectivity index (χ3n) is 8.41. The first-order valence-corrected chi connectivity index (χ1v) is 14.8. The first-order chi connectivity index (χ1) is 18.4. The summed E-state index contributed by atoms with van der Waals surface area (Å²) in [6.07, 6.45) is 10.6. The van der Waals surface area contributed by atoms with Gasteiger partial charge in [-0.1, -0.05) is 42.8 Å². The van der Waals surface area contributed by atoms with E-state index in [2.05, 4.69) is 34.9 Å². The minimum Gasteiger partial charge on any atom is -0.359 e. The molecule has 0 aliphatic heterocycles. The zero-order valence-corrected chi connectivity index (χ0v) is 23.5. The van der Waals surface area contributed by atoms with Crippen molar-refractivity contribution in [3.63, 3.8) is 0 Å². The third-order valence-corrected chi connectivity index (χ3v) is 9.58. The summed E-state index contributed by atoms with van der Waals surface area (Å²) in [5.74, 6) is 0.715. The predicted molar refractivity (Wildman–Crippen MR) is 153 cm³/mol. The van der Waals surface area contributed by atoms with Crippen molar-refractivity contribution < 1.29 is 14.4 Å². The van der Waals surface area contributed by atoms with Crippen LogP contribution in [0.1, 0.15) is 72.0 Å². The number of benzene rings is 2. The molecule has 2 aromatic rings. The molecule has 204 valence electrons. The van der Waals surface area contributed by atoms with Crippen molar-refractivity contribution in [2.75, 3.05) is 20.6 Å². The topological polar surface area (TPSA) is 78.5 Å². The van der Waals surface area contributed by atoms with Crippen LogP contribution in [0.15, 0.2) is 47.4 Å². The van der Waals surface area contributed by atoms with Crippen LogP contribution in [0.25, 0.3) is 0 Å². The van der Waals surface area contributed by atoms with E-state index in [0.717, 1.165) is 53.2 Å². The Bertz CT molecular complexity index is 1090. The van der Waals surface area contributed by atoms with E-state index in [4.69, 9.17) is 0 Å². The average molecular weight is 536 g/mol. The van der Waals surface area contributed by atoms with Crippen LogP contribution in [0.2, 0.25) is 0 Å². The number of nitrogens with zero attached hydrogens (tertiary/aromatic N) is 1. The summed E-state index contributed by atoms with van der Waals surface area (Å²) < 4.78 is 0. The van der Waals surface area contributed by atoms with E-state index in [0.29, 0.717) is 18.5 Å². The SMILES string of the molecule is CNC(=O)CCC(C=O)N(C)Cc1c(C=O)cccc1SCc1ccc(CCNC2CC3(CCC3)C2)cc1. The monoisotopic (exact) mass is 535 g/mol. The molecule has 0 radical (unpaired) electrons. The highest BCUT2D eigenvalue weighted by atomic mass is 32.2. The molecule has 0 saturated heterocycles. The molecule has 0 bridgehead atoms. The highest BCUT2D eigenvalue weighted by molar-refractivity contribution is 7.98. The molecule has 2 N–H and O–H groups in total. The number of carbonyl (C=O) groups is 3. The molecular formula is C31H41N3O3S. The van der Waals surface area contributed by atoms with Crippen LogP contribution in [0.3, 0.4) is 0 Å². The second kappa shape index (κ2) is 13.5. The van der Waals surface area contributed by atoms with Crippen molar-refractivity contribution in [1.29, 1.82) is 0 Å². The number of nitrogens with one attached hydrogen (secondary N) is 2. The van der Waals surface area contributed by atoms with Crippen LogP contribution in [-0.4, -0.2) is 56.1 Å². The lowest BCUT2D eigenvalue weighted by Gasteiger charge is -2.54. The molecule has 1 unspecified atom stereocenters. The van der Waals surface area contributed by atoms with Crippen molar-refractivity contribution in [2.24, 2.45) is 5.41 Å². The molecule has 1 atom stereocenters. The van der Waals surface area contributed by atoms with Gasteiger partial charge < -0.3 is 15.4 Å². The van der Waals surface area contributed by atoms with E-state index in [9.17, 15) is 14.4 Å². The largest absolute Gasteiger partial charge is 0.359 e. The summed E-state index contributed by atoms with van der Waals surface area (Å²) in [5.41, 5.74) is 4.87. The van der Waals surface area contributed by atoms with Gasteiger partial charge in [0.2, 0.25) is 5.91 Å². The summed E-state index contributed by atoms with van der Waals surface area (Å²) in [4.78, 5) is 38.1. The van der Waals surface area contributed by atoms with Gasteiger partial charge in [-0.05, 0) is 80.3 Å². The van der Waals surface area contributed by atoms with Crippen LogP contribution in [0.5, 0.6) is 0 Å². The second-order valence-electron chi connectivity index (χ2n) is 11.0. The number of rotatable bonds is 15. The maximum atomic E-state index is 11.8. The van der Waals surface area contributed by atoms with Gasteiger partial charge in [0.25, 0.3) is 0 Å². The van der Waals surface area contributed by atoms with Crippen LogP contribution in [-0.2, 0) is 28.3 Å². The minimum absolute atomic E-state index is 0.0858. The van der Waals surface area contributed by atoms with E-state index in [1.807, 2.05) is 30.1 Å². The zero-order valence-electron chi connectivity index (χ0n) is 22.7. The van der Waals surface area contributed by atoms with Crippen molar-refractivity contribution in [1.82, 2.24) is 15.5 Å². The van der Waals surface area contributed by atoms with Crippen LogP contribution < -0.4 is 10.6 Å². The summed E-state index contributed by atoms with van der Waals surface area (Å²) in [6.45, 7) is 1.50. The predicted octanol–water partition coefficient (Wildman–Crippen LogP) is 4.78. The van der Waals surface area contributed by atoms with Gasteiger partial charge in [0, 0.05) is 42.3 Å². The highest BCUT2D eigenvalue weighted by Crippen LogP contribution is 2.55. The van der Waals surface area contributed by atoms with Gasteiger partial charge in [-0.2, -0.15) is 0 Å². The quantitative estimate of drug-likeness (QED) is 0.252. The Kier molecular flexibility index (Phi) is 10.2. The molecule has 38 heavy (non-hydrogen) atoms. The second-order valence-corrected chi connectivity index (χ2v) is 12.1. The van der Waals surface area contributed by atoms with Crippen molar-refractivity contribution in [3.8, 4) is 0 Å². The van der Waals surface area contributed by atoms with Crippen LogP contribution in [0.4, 0.5) is 0 Å². The Morgan fingerprint density at radius 2 is 1.87 bits per heavy atom. The Hall–Kier alpha value is -2.48. The first-order valence-electron chi connectivity index (χ1n) is 13.8. The summed E-state index contributed by atoms with van der Waals surface area (Å²) in [5, 5.41) is 6.33. The van der Waals surface area contributed by atoms with Gasteiger partial charge in [-0.25, -0.2) is 0 Å². The molecule has 2 aromatic carbocycles. The first kappa shape index (κ1) is 28.5. The van der Waals surface area contributed by atoms with Crippen molar-refractivity contribution in [2.45, 2.75) is 80.6 Å². The van der Waals surface area contributed by atoms with Crippen LogP contribution >= 0.6 is 11.8 Å². The van der Waals surface area contributed by atoms with E-state index >= 15 is 0 Å². The molecule has 2 aliphatic rings. The number of aldehydes is 2. The molecule has 1 spiro atoms. The Balaban J connectivity index is 1.29.